The van der Waals surface area contributed by atoms with Gasteiger partial charge in [0.2, 0.25) is 0 Å². The molecule has 0 saturated carbocycles. The van der Waals surface area contributed by atoms with Crippen LogP contribution in [0.4, 0.5) is 0 Å². The number of sulfonamides is 1. The van der Waals surface area contributed by atoms with Crippen LogP contribution in [0.2, 0.25) is 0 Å². The number of halogens is 1. The molecule has 0 bridgehead atoms. The van der Waals surface area contributed by atoms with E-state index in [2.05, 4.69) is 14.7 Å². The summed E-state index contributed by atoms with van der Waals surface area (Å²) in [5, 5.41) is 0.0779. The van der Waals surface area contributed by atoms with Crippen LogP contribution in [-0.2, 0) is 10.0 Å². The molecule has 2 N–H and O–H groups in total. The molecule has 7 heteroatoms. The minimum Gasteiger partial charge on any atom is -0.335 e. The first-order chi connectivity index (χ1) is 7.37. The summed E-state index contributed by atoms with van der Waals surface area (Å²) in [6.07, 6.45) is 3.36. The Labute approximate surface area is 101 Å². The van der Waals surface area contributed by atoms with Crippen LogP contribution in [0.5, 0.6) is 0 Å². The number of aromatic nitrogens is 2. The van der Waals surface area contributed by atoms with Gasteiger partial charge in [-0.3, -0.25) is 0 Å². The average molecular weight is 266 g/mol. The van der Waals surface area contributed by atoms with Gasteiger partial charge in [-0.15, -0.1) is 11.6 Å². The molecule has 16 heavy (non-hydrogen) atoms. The summed E-state index contributed by atoms with van der Waals surface area (Å²) in [5.74, 6) is 0.513. The average Bonchev–Trinajstić information content (AvgIpc) is 2.68. The molecule has 0 aliphatic carbocycles. The summed E-state index contributed by atoms with van der Waals surface area (Å²) in [5.41, 5.74) is -0.158. The molecule has 92 valence electrons. The van der Waals surface area contributed by atoms with Gasteiger partial charge in [-0.2, -0.15) is 0 Å². The Morgan fingerprint density at radius 1 is 1.56 bits per heavy atom. The van der Waals surface area contributed by atoms with Crippen molar-refractivity contribution in [2.24, 2.45) is 5.41 Å². The molecule has 1 aromatic heterocycles. The number of H-pyrrole nitrogens is 1. The van der Waals surface area contributed by atoms with E-state index in [0.717, 1.165) is 6.42 Å². The number of nitrogens with one attached hydrogen (secondary N) is 2. The molecule has 0 amide bonds. The molecule has 1 aromatic rings. The molecular weight excluding hydrogens is 250 g/mol. The van der Waals surface area contributed by atoms with Gasteiger partial charge < -0.3 is 4.98 Å². The molecule has 1 heterocycles. The monoisotopic (exact) mass is 265 g/mol. The summed E-state index contributed by atoms with van der Waals surface area (Å²) >= 11 is 5.64. The highest BCUT2D eigenvalue weighted by Gasteiger charge is 2.22. The first-order valence-electron chi connectivity index (χ1n) is 4.91. The van der Waals surface area contributed by atoms with Crippen LogP contribution < -0.4 is 4.72 Å². The molecule has 0 unspecified atom stereocenters. The van der Waals surface area contributed by atoms with Gasteiger partial charge in [0, 0.05) is 12.4 Å². The molecule has 0 aliphatic rings. The summed E-state index contributed by atoms with van der Waals surface area (Å²) in [7, 11) is -3.48. The predicted octanol–water partition coefficient (Wildman–Crippen LogP) is 1.34. The highest BCUT2D eigenvalue weighted by atomic mass is 35.5. The fraction of sp³-hybridized carbons (Fsp3) is 0.667. The van der Waals surface area contributed by atoms with Crippen molar-refractivity contribution in [3.8, 4) is 0 Å². The van der Waals surface area contributed by atoms with Gasteiger partial charge in [0.15, 0.2) is 5.03 Å². The highest BCUT2D eigenvalue weighted by Crippen LogP contribution is 2.20. The molecule has 1 rings (SSSR count). The van der Waals surface area contributed by atoms with E-state index in [0.29, 0.717) is 12.4 Å². The van der Waals surface area contributed by atoms with Crippen molar-refractivity contribution in [3.05, 3.63) is 12.5 Å². The van der Waals surface area contributed by atoms with Gasteiger partial charge in [0.1, 0.15) is 0 Å². The maximum Gasteiger partial charge on any atom is 0.257 e. The molecular formula is C9H16ClN3O2S. The SMILES string of the molecule is CC(C)(CCCl)CNS(=O)(=O)c1cnc[nH]1. The fourth-order valence-electron chi connectivity index (χ4n) is 1.10. The minimum absolute atomic E-state index is 0.0779. The number of aromatic amines is 1. The van der Waals surface area contributed by atoms with Gasteiger partial charge in [-0.1, -0.05) is 13.8 Å². The second-order valence-electron chi connectivity index (χ2n) is 4.34. The van der Waals surface area contributed by atoms with Crippen LogP contribution in [0.25, 0.3) is 0 Å². The number of imidazole rings is 1. The van der Waals surface area contributed by atoms with Gasteiger partial charge in [0.25, 0.3) is 10.0 Å². The van der Waals surface area contributed by atoms with Crippen LogP contribution >= 0.6 is 11.6 Å². The number of hydrogen-bond acceptors (Lipinski definition) is 3. The van der Waals surface area contributed by atoms with E-state index in [-0.39, 0.29) is 10.4 Å². The van der Waals surface area contributed by atoms with E-state index >= 15 is 0 Å². The van der Waals surface area contributed by atoms with E-state index in [9.17, 15) is 8.42 Å². The smallest absolute Gasteiger partial charge is 0.257 e. The van der Waals surface area contributed by atoms with Gasteiger partial charge in [-0.05, 0) is 11.8 Å². The van der Waals surface area contributed by atoms with E-state index < -0.39 is 10.0 Å². The summed E-state index contributed by atoms with van der Waals surface area (Å²) in [6, 6.07) is 0. The van der Waals surface area contributed by atoms with Crippen molar-refractivity contribution < 1.29 is 8.42 Å². The summed E-state index contributed by atoms with van der Waals surface area (Å²) in [6.45, 7) is 4.27. The Kier molecular flexibility index (Phi) is 4.35. The fourth-order valence-corrected chi connectivity index (χ4v) is 2.76. The van der Waals surface area contributed by atoms with E-state index in [1.807, 2.05) is 13.8 Å². The lowest BCUT2D eigenvalue weighted by atomic mass is 9.91. The lowest BCUT2D eigenvalue weighted by Gasteiger charge is -2.23. The Bertz CT molecular complexity index is 414. The molecule has 0 aromatic carbocycles. The second-order valence-corrected chi connectivity index (χ2v) is 6.46. The summed E-state index contributed by atoms with van der Waals surface area (Å²) in [4.78, 5) is 6.23. The topological polar surface area (TPSA) is 74.8 Å². The van der Waals surface area contributed by atoms with Crippen molar-refractivity contribution >= 4 is 21.6 Å². The second kappa shape index (κ2) is 5.16. The highest BCUT2D eigenvalue weighted by molar-refractivity contribution is 7.89. The Balaban J connectivity index is 2.62. The van der Waals surface area contributed by atoms with Crippen molar-refractivity contribution in [1.29, 1.82) is 0 Å². The minimum atomic E-state index is -3.48. The van der Waals surface area contributed by atoms with Crippen molar-refractivity contribution in [2.75, 3.05) is 12.4 Å². The Morgan fingerprint density at radius 2 is 2.25 bits per heavy atom. The van der Waals surface area contributed by atoms with E-state index in [4.69, 9.17) is 11.6 Å². The van der Waals surface area contributed by atoms with Crippen molar-refractivity contribution in [1.82, 2.24) is 14.7 Å². The number of nitrogens with zero attached hydrogens (tertiary/aromatic N) is 1. The Hall–Kier alpha value is -0.590. The standard InChI is InChI=1S/C9H16ClN3O2S/c1-9(2,3-4-10)6-13-16(14,15)8-5-11-7-12-8/h5,7,13H,3-4,6H2,1-2H3,(H,11,12). The van der Waals surface area contributed by atoms with Crippen LogP contribution in [0, 0.1) is 5.41 Å². The molecule has 0 saturated heterocycles. The molecule has 0 fully saturated rings. The number of rotatable bonds is 6. The zero-order chi connectivity index (χ0) is 12.2. The van der Waals surface area contributed by atoms with Crippen LogP contribution in [0.15, 0.2) is 17.6 Å². The quantitative estimate of drug-likeness (QED) is 0.763. The van der Waals surface area contributed by atoms with Crippen LogP contribution in [0.1, 0.15) is 20.3 Å². The van der Waals surface area contributed by atoms with Crippen LogP contribution in [-0.4, -0.2) is 30.8 Å². The molecule has 0 aliphatic heterocycles. The number of alkyl halides is 1. The third-order valence-electron chi connectivity index (χ3n) is 2.27. The molecule has 0 radical (unpaired) electrons. The lowest BCUT2D eigenvalue weighted by Crippen LogP contribution is -2.34. The first-order valence-corrected chi connectivity index (χ1v) is 6.93. The first kappa shape index (κ1) is 13.5. The maximum absolute atomic E-state index is 11.7. The van der Waals surface area contributed by atoms with E-state index in [1.165, 1.54) is 12.5 Å². The molecule has 0 spiro atoms. The van der Waals surface area contributed by atoms with Crippen molar-refractivity contribution in [3.63, 3.8) is 0 Å². The Morgan fingerprint density at radius 3 is 2.75 bits per heavy atom. The van der Waals surface area contributed by atoms with Crippen molar-refractivity contribution in [2.45, 2.75) is 25.3 Å². The zero-order valence-electron chi connectivity index (χ0n) is 9.33. The van der Waals surface area contributed by atoms with Gasteiger partial charge in [-0.25, -0.2) is 18.1 Å². The van der Waals surface area contributed by atoms with Gasteiger partial charge >= 0.3 is 0 Å². The maximum atomic E-state index is 11.7. The largest absolute Gasteiger partial charge is 0.335 e. The summed E-state index contributed by atoms with van der Waals surface area (Å²) < 4.78 is 26.0. The van der Waals surface area contributed by atoms with E-state index in [1.54, 1.807) is 0 Å². The lowest BCUT2D eigenvalue weighted by molar-refractivity contribution is 0.352. The molecule has 5 nitrogen and oxygen atoms in total. The molecule has 0 atom stereocenters. The number of hydrogen-bond donors (Lipinski definition) is 2. The zero-order valence-corrected chi connectivity index (χ0v) is 10.9. The van der Waals surface area contributed by atoms with Crippen LogP contribution in [0.3, 0.4) is 0 Å². The van der Waals surface area contributed by atoms with Gasteiger partial charge in [0.05, 0.1) is 12.5 Å². The predicted molar refractivity (Wildman–Crippen MR) is 62.9 cm³/mol. The third kappa shape index (κ3) is 3.77. The normalized spacial score (nSPS) is 12.9. The third-order valence-corrected chi connectivity index (χ3v) is 3.79.